The van der Waals surface area contributed by atoms with E-state index in [2.05, 4.69) is 17.2 Å². The Morgan fingerprint density at radius 1 is 1.09 bits per heavy atom. The third kappa shape index (κ3) is 12.0. The first-order valence-corrected chi connectivity index (χ1v) is 23.1. The first kappa shape index (κ1) is 43.1. The number of alkyl halides is 1. The Balaban J connectivity index is 1.07. The number of sulfone groups is 1. The molecule has 55 heavy (non-hydrogen) atoms. The average molecular weight is 833 g/mol. The Hall–Kier alpha value is -3.00. The maximum absolute atomic E-state index is 13.5. The summed E-state index contributed by atoms with van der Waals surface area (Å²) in [5.74, 6) is -1.47. The van der Waals surface area contributed by atoms with Crippen molar-refractivity contribution in [1.82, 2.24) is 9.55 Å². The van der Waals surface area contributed by atoms with E-state index in [0.717, 1.165) is 19.3 Å². The van der Waals surface area contributed by atoms with Gasteiger partial charge in [0, 0.05) is 24.0 Å². The number of hydrogen-bond donors (Lipinski definition) is 2. The summed E-state index contributed by atoms with van der Waals surface area (Å²) in [6, 6.07) is 3.39. The highest BCUT2D eigenvalue weighted by atomic mass is 35.5. The molecule has 0 spiro atoms. The maximum atomic E-state index is 13.5. The van der Waals surface area contributed by atoms with E-state index in [9.17, 15) is 37.1 Å². The van der Waals surface area contributed by atoms with Crippen LogP contribution in [0.1, 0.15) is 121 Å². The van der Waals surface area contributed by atoms with Gasteiger partial charge >= 0.3 is 19.7 Å². The van der Waals surface area contributed by atoms with Crippen molar-refractivity contribution in [2.24, 2.45) is 0 Å². The van der Waals surface area contributed by atoms with Crippen molar-refractivity contribution in [1.29, 1.82) is 5.26 Å². The lowest BCUT2D eigenvalue weighted by Gasteiger charge is -2.31. The molecule has 5 atom stereocenters. The van der Waals surface area contributed by atoms with E-state index in [-0.39, 0.29) is 41.7 Å². The molecule has 0 amide bonds. The van der Waals surface area contributed by atoms with Crippen LogP contribution in [0.2, 0.25) is 5.15 Å². The SMILES string of the molecule is CCCCCCCCCCCCCCCC(=O)OCOP(=O)(O)CS(=O)(=O)C[C@H]1O[C@@H](n2ccc3c(NC4CC(F)C4)c(C#N)c(Cl)nc32)[C@@H]2OC(=O)O[C@@H]21. The molecule has 3 fully saturated rings. The monoisotopic (exact) mass is 832 g/mol. The smallest absolute Gasteiger partial charge is 0.438 e. The number of carbonyl (C=O) groups is 2. The Labute approximate surface area is 326 Å². The molecule has 306 valence electrons. The molecule has 5 rings (SSSR count). The fourth-order valence-electron chi connectivity index (χ4n) is 7.17. The number of anilines is 1. The van der Waals surface area contributed by atoms with E-state index >= 15 is 0 Å². The molecule has 15 nitrogen and oxygen atoms in total. The molecule has 0 radical (unpaired) electrons. The third-order valence-corrected chi connectivity index (χ3v) is 14.6. The predicted octanol–water partition coefficient (Wildman–Crippen LogP) is 7.83. The largest absolute Gasteiger partial charge is 0.509 e. The molecule has 1 unspecified atom stereocenters. The molecule has 2 N–H and O–H groups in total. The molecule has 1 saturated carbocycles. The van der Waals surface area contributed by atoms with Crippen LogP contribution in [0.15, 0.2) is 12.3 Å². The van der Waals surface area contributed by atoms with Crippen LogP contribution in [-0.4, -0.2) is 83.6 Å². The highest BCUT2D eigenvalue weighted by Crippen LogP contribution is 2.46. The number of aromatic nitrogens is 2. The summed E-state index contributed by atoms with van der Waals surface area (Å²) in [7, 11) is -9.21. The quantitative estimate of drug-likeness (QED) is 0.0340. The molecule has 1 aliphatic carbocycles. The molecule has 19 heteroatoms. The second kappa shape index (κ2) is 19.9. The number of fused-ring (bicyclic) bond motifs is 2. The maximum Gasteiger partial charge on any atom is 0.509 e. The zero-order chi connectivity index (χ0) is 39.6. The second-order valence-corrected chi connectivity index (χ2v) is 19.3. The highest BCUT2D eigenvalue weighted by Gasteiger charge is 2.56. The zero-order valence-electron chi connectivity index (χ0n) is 31.0. The van der Waals surface area contributed by atoms with Crippen LogP contribution in [0.4, 0.5) is 14.9 Å². The van der Waals surface area contributed by atoms with Gasteiger partial charge in [-0.15, -0.1) is 0 Å². The number of carbonyl (C=O) groups excluding carboxylic acids is 2. The minimum atomic E-state index is -4.80. The van der Waals surface area contributed by atoms with Crippen LogP contribution in [0.3, 0.4) is 0 Å². The Bertz CT molecular complexity index is 1840. The molecular formula is C36H51ClFN4O11PS. The van der Waals surface area contributed by atoms with Crippen LogP contribution in [0, 0.1) is 11.3 Å². The van der Waals surface area contributed by atoms with Gasteiger partial charge in [0.15, 0.2) is 38.9 Å². The lowest BCUT2D eigenvalue weighted by molar-refractivity contribution is -0.150. The summed E-state index contributed by atoms with van der Waals surface area (Å²) in [5.41, 5.74) is -0.719. The first-order valence-electron chi connectivity index (χ1n) is 19.2. The van der Waals surface area contributed by atoms with Crippen molar-refractivity contribution in [3.05, 3.63) is 23.0 Å². The summed E-state index contributed by atoms with van der Waals surface area (Å²) >= 11 is 6.37. The van der Waals surface area contributed by atoms with E-state index in [1.165, 1.54) is 68.6 Å². The van der Waals surface area contributed by atoms with Crippen LogP contribution >= 0.6 is 19.2 Å². The van der Waals surface area contributed by atoms with Crippen molar-refractivity contribution in [2.45, 2.75) is 146 Å². The van der Waals surface area contributed by atoms with Gasteiger partial charge in [-0.05, 0) is 25.3 Å². The number of unbranched alkanes of at least 4 members (excludes halogenated alkanes) is 12. The van der Waals surface area contributed by atoms with Crippen LogP contribution in [-0.2, 0) is 42.7 Å². The average Bonchev–Trinajstić information content (AvgIpc) is 3.78. The van der Waals surface area contributed by atoms with Crippen molar-refractivity contribution in [2.75, 3.05) is 23.4 Å². The van der Waals surface area contributed by atoms with Gasteiger partial charge < -0.3 is 33.7 Å². The number of pyridine rings is 1. The topological polar surface area (TPSA) is 205 Å². The highest BCUT2D eigenvalue weighted by molar-refractivity contribution is 7.97. The number of hydrogen-bond acceptors (Lipinski definition) is 13. The van der Waals surface area contributed by atoms with Gasteiger partial charge in [-0.25, -0.2) is 22.6 Å². The molecular weight excluding hydrogens is 782 g/mol. The predicted molar refractivity (Wildman–Crippen MR) is 201 cm³/mol. The fourth-order valence-corrected chi connectivity index (χ4v) is 11.1. The summed E-state index contributed by atoms with van der Waals surface area (Å²) in [6.45, 7) is 1.32. The summed E-state index contributed by atoms with van der Waals surface area (Å²) in [6.07, 6.45) is 10.3. The lowest BCUT2D eigenvalue weighted by Crippen LogP contribution is -2.36. The molecule has 2 aliphatic heterocycles. The minimum Gasteiger partial charge on any atom is -0.438 e. The van der Waals surface area contributed by atoms with Gasteiger partial charge in [-0.3, -0.25) is 13.9 Å². The van der Waals surface area contributed by atoms with Crippen LogP contribution < -0.4 is 5.32 Å². The number of esters is 1. The number of nitrogens with zero attached hydrogens (tertiary/aromatic N) is 3. The lowest BCUT2D eigenvalue weighted by atomic mass is 9.90. The number of nitriles is 1. The van der Waals surface area contributed by atoms with E-state index in [4.69, 9.17) is 35.1 Å². The van der Waals surface area contributed by atoms with Gasteiger partial charge in [-0.2, -0.15) is 5.26 Å². The Kier molecular flexibility index (Phi) is 15.6. The molecule has 2 aromatic rings. The number of nitrogens with one attached hydrogen (secondary N) is 1. The summed E-state index contributed by atoms with van der Waals surface area (Å²) in [5, 5.41) is 13.2. The summed E-state index contributed by atoms with van der Waals surface area (Å²) < 4.78 is 80.4. The molecule has 2 aromatic heterocycles. The minimum absolute atomic E-state index is 0.0549. The van der Waals surface area contributed by atoms with Gasteiger partial charge in [0.05, 0.1) is 11.4 Å². The molecule has 0 aromatic carbocycles. The van der Waals surface area contributed by atoms with Crippen molar-refractivity contribution in [3.8, 4) is 6.07 Å². The Morgan fingerprint density at radius 3 is 2.33 bits per heavy atom. The molecule has 4 heterocycles. The number of rotatable bonds is 24. The van der Waals surface area contributed by atoms with Crippen LogP contribution in [0.25, 0.3) is 11.0 Å². The standard InChI is InChI=1S/C36H51ClFN4O11PS/c1-2-3-4-5-6-7-8-9-10-11-12-13-14-15-29(43)49-22-50-54(45,46)23-55(47,48)21-28-31-32(53-36(44)52-31)35(51-28)42-17-16-26-30(40-25-18-24(38)19-25)27(20-39)33(37)41-34(26)42/h16-17,24-25,28,31-32,35H,2-15,18-19,21-23H2,1H3,(H,40,41)(H,45,46)/t24?,25?,28-,31-,32-,35-/m1/s1. The van der Waals surface area contributed by atoms with E-state index < -0.39 is 78.3 Å². The molecule has 3 aliphatic rings. The van der Waals surface area contributed by atoms with Gasteiger partial charge in [0.25, 0.3) is 0 Å². The fraction of sp³-hybridized carbons (Fsp3) is 0.722. The van der Waals surface area contributed by atoms with Gasteiger partial charge in [-0.1, -0.05) is 95.6 Å². The second-order valence-electron chi connectivity index (χ2n) is 14.5. The normalized spacial score (nSPS) is 24.4. The van der Waals surface area contributed by atoms with E-state index in [0.29, 0.717) is 17.5 Å². The van der Waals surface area contributed by atoms with E-state index in [1.54, 1.807) is 6.07 Å². The van der Waals surface area contributed by atoms with Crippen molar-refractivity contribution < 1.29 is 55.3 Å². The number of ether oxygens (including phenoxy) is 4. The first-order chi connectivity index (χ1) is 26.3. The van der Waals surface area contributed by atoms with Gasteiger partial charge in [0.2, 0.25) is 6.79 Å². The zero-order valence-corrected chi connectivity index (χ0v) is 33.5. The van der Waals surface area contributed by atoms with Crippen LogP contribution in [0.5, 0.6) is 0 Å². The van der Waals surface area contributed by atoms with Gasteiger partial charge in [0.1, 0.15) is 29.6 Å². The molecule has 2 saturated heterocycles. The Morgan fingerprint density at radius 2 is 1.71 bits per heavy atom. The molecule has 0 bridgehead atoms. The van der Waals surface area contributed by atoms with E-state index in [1.807, 2.05) is 6.07 Å². The van der Waals surface area contributed by atoms with Crippen molar-refractivity contribution in [3.63, 3.8) is 0 Å². The third-order valence-electron chi connectivity index (χ3n) is 10.1. The number of halogens is 2. The summed E-state index contributed by atoms with van der Waals surface area (Å²) in [4.78, 5) is 39.0. The van der Waals surface area contributed by atoms with Crippen molar-refractivity contribution >= 4 is 57.9 Å².